The fourth-order valence-corrected chi connectivity index (χ4v) is 2.84. The summed E-state index contributed by atoms with van der Waals surface area (Å²) in [6.45, 7) is 3.20. The number of hydrogen-bond donors (Lipinski definition) is 2. The lowest BCUT2D eigenvalue weighted by Crippen LogP contribution is -2.39. The third kappa shape index (κ3) is 4.86. The van der Waals surface area contributed by atoms with E-state index in [0.717, 1.165) is 17.8 Å². The van der Waals surface area contributed by atoms with Crippen molar-refractivity contribution in [2.45, 2.75) is 13.3 Å². The van der Waals surface area contributed by atoms with Gasteiger partial charge >= 0.3 is 6.03 Å². The number of aliphatic imine (C=N–C) groups is 1. The molecule has 134 valence electrons. The average molecular weight is 369 g/mol. The number of nitrogens with one attached hydrogen (secondary N) is 2. The van der Waals surface area contributed by atoms with Gasteiger partial charge in [0.05, 0.1) is 18.6 Å². The molecule has 3 rings (SSSR count). The Kier molecular flexibility index (Phi) is 5.92. The van der Waals surface area contributed by atoms with Crippen molar-refractivity contribution in [3.8, 4) is 0 Å². The van der Waals surface area contributed by atoms with Crippen LogP contribution in [0.3, 0.4) is 0 Å². The monoisotopic (exact) mass is 368 g/mol. The number of para-hydroxylation sites is 1. The van der Waals surface area contributed by atoms with Gasteiger partial charge in [0.25, 0.3) is 0 Å². The Morgan fingerprint density at radius 3 is 2.69 bits per heavy atom. The van der Waals surface area contributed by atoms with Crippen molar-refractivity contribution in [2.75, 3.05) is 23.7 Å². The second-order valence-corrected chi connectivity index (χ2v) is 6.54. The van der Waals surface area contributed by atoms with Crippen molar-refractivity contribution in [3.63, 3.8) is 0 Å². The molecule has 2 amide bonds. The maximum Gasteiger partial charge on any atom is 0.322 e. The first kappa shape index (κ1) is 18.0. The summed E-state index contributed by atoms with van der Waals surface area (Å²) in [5.41, 5.74) is 3.76. The van der Waals surface area contributed by atoms with Crippen LogP contribution in [0.25, 0.3) is 0 Å². The Balaban J connectivity index is 1.61. The van der Waals surface area contributed by atoms with Gasteiger partial charge < -0.3 is 15.5 Å². The smallest absolute Gasteiger partial charge is 0.322 e. The molecule has 0 aromatic heterocycles. The Labute approximate surface area is 158 Å². The summed E-state index contributed by atoms with van der Waals surface area (Å²) in [4.78, 5) is 18.8. The molecular formula is C20H21ClN4O. The number of nitrogens with zero attached hydrogens (tertiary/aromatic N) is 2. The zero-order valence-corrected chi connectivity index (χ0v) is 15.3. The predicted octanol–water partition coefficient (Wildman–Crippen LogP) is 4.99. The summed E-state index contributed by atoms with van der Waals surface area (Å²) in [5, 5.41) is 6.62. The maximum atomic E-state index is 12.5. The van der Waals surface area contributed by atoms with Gasteiger partial charge in [-0.1, -0.05) is 35.9 Å². The normalized spacial score (nSPS) is 14.6. The predicted molar refractivity (Wildman–Crippen MR) is 108 cm³/mol. The van der Waals surface area contributed by atoms with Crippen molar-refractivity contribution in [2.24, 2.45) is 4.99 Å². The molecule has 26 heavy (non-hydrogen) atoms. The first-order valence-electron chi connectivity index (χ1n) is 8.46. The van der Waals surface area contributed by atoms with E-state index in [1.807, 2.05) is 42.5 Å². The van der Waals surface area contributed by atoms with Crippen molar-refractivity contribution in [1.82, 2.24) is 4.90 Å². The molecule has 0 spiro atoms. The fourth-order valence-electron chi connectivity index (χ4n) is 2.65. The van der Waals surface area contributed by atoms with Crippen molar-refractivity contribution < 1.29 is 4.79 Å². The molecule has 0 radical (unpaired) electrons. The van der Waals surface area contributed by atoms with Gasteiger partial charge in [-0.3, -0.25) is 0 Å². The van der Waals surface area contributed by atoms with Crippen LogP contribution in [0.4, 0.5) is 16.2 Å². The third-order valence-electron chi connectivity index (χ3n) is 4.18. The lowest BCUT2D eigenvalue weighted by Gasteiger charge is -2.28. The minimum absolute atomic E-state index is 0.150. The molecule has 0 aliphatic carbocycles. The largest absolute Gasteiger partial charge is 0.346 e. The summed E-state index contributed by atoms with van der Waals surface area (Å²) in [7, 11) is 0. The number of hydrogen-bond acceptors (Lipinski definition) is 2. The first-order chi connectivity index (χ1) is 12.6. The third-order valence-corrected chi connectivity index (χ3v) is 4.41. The van der Waals surface area contributed by atoms with Gasteiger partial charge in [0.1, 0.15) is 0 Å². The number of rotatable bonds is 4. The zero-order chi connectivity index (χ0) is 18.4. The van der Waals surface area contributed by atoms with Crippen LogP contribution in [0.2, 0.25) is 5.02 Å². The minimum Gasteiger partial charge on any atom is -0.346 e. The minimum atomic E-state index is -0.150. The zero-order valence-electron chi connectivity index (χ0n) is 14.6. The van der Waals surface area contributed by atoms with Crippen LogP contribution in [0.15, 0.2) is 70.9 Å². The fraction of sp³-hybridized carbons (Fsp3) is 0.200. The summed E-state index contributed by atoms with van der Waals surface area (Å²) in [6.07, 6.45) is 2.48. The van der Waals surface area contributed by atoms with E-state index >= 15 is 0 Å². The number of amides is 2. The van der Waals surface area contributed by atoms with E-state index in [1.165, 1.54) is 5.57 Å². The van der Waals surface area contributed by atoms with Gasteiger partial charge in [-0.05, 0) is 49.2 Å². The highest BCUT2D eigenvalue weighted by Gasteiger charge is 2.20. The van der Waals surface area contributed by atoms with Crippen LogP contribution >= 0.6 is 11.6 Å². The summed E-state index contributed by atoms with van der Waals surface area (Å²) >= 11 is 5.97. The molecule has 5 nitrogen and oxygen atoms in total. The summed E-state index contributed by atoms with van der Waals surface area (Å²) in [6, 6.07) is 16.8. The Hall–Kier alpha value is -2.79. The lowest BCUT2D eigenvalue weighted by molar-refractivity contribution is 0.214. The van der Waals surface area contributed by atoms with Crippen molar-refractivity contribution >= 4 is 35.3 Å². The molecule has 1 aliphatic rings. The van der Waals surface area contributed by atoms with E-state index in [1.54, 1.807) is 23.4 Å². The average Bonchev–Trinajstić information content (AvgIpc) is 2.64. The number of carbonyl (C=O) groups is 1. The summed E-state index contributed by atoms with van der Waals surface area (Å²) < 4.78 is 0. The van der Waals surface area contributed by atoms with Gasteiger partial charge in [0.2, 0.25) is 0 Å². The van der Waals surface area contributed by atoms with Gasteiger partial charge in [-0.15, -0.1) is 0 Å². The van der Waals surface area contributed by atoms with Gasteiger partial charge in [0, 0.05) is 22.9 Å². The standard InChI is InChI=1S/C20H21ClN4O/c1-15-10-11-25(20(26)24-18-9-5-6-16(21)12-18)13-19(15)23-14-22-17-7-3-2-4-8-17/h2-9,12,14H,10-11,13H2,1H3,(H,22,23)(H,24,26). The SMILES string of the molecule is CC1=C(N=CNc2ccccc2)CN(C(=O)Nc2cccc(Cl)c2)CC1. The molecule has 1 heterocycles. The van der Waals surface area contributed by atoms with Gasteiger partial charge in [0.15, 0.2) is 0 Å². The molecular weight excluding hydrogens is 348 g/mol. The van der Waals surface area contributed by atoms with Crippen molar-refractivity contribution in [3.05, 3.63) is 70.9 Å². The topological polar surface area (TPSA) is 56.7 Å². The Morgan fingerprint density at radius 2 is 1.92 bits per heavy atom. The molecule has 1 aliphatic heterocycles. The molecule has 0 saturated carbocycles. The van der Waals surface area contributed by atoms with E-state index in [2.05, 4.69) is 22.5 Å². The molecule has 2 aromatic carbocycles. The molecule has 2 N–H and O–H groups in total. The quantitative estimate of drug-likeness (QED) is 0.589. The highest BCUT2D eigenvalue weighted by atomic mass is 35.5. The number of anilines is 2. The summed E-state index contributed by atoms with van der Waals surface area (Å²) in [5.74, 6) is 0. The van der Waals surface area contributed by atoms with Crippen LogP contribution in [-0.4, -0.2) is 30.4 Å². The molecule has 2 aromatic rings. The van der Waals surface area contributed by atoms with Crippen LogP contribution in [0.1, 0.15) is 13.3 Å². The molecule has 6 heteroatoms. The van der Waals surface area contributed by atoms with Crippen molar-refractivity contribution in [1.29, 1.82) is 0 Å². The van der Waals surface area contributed by atoms with E-state index in [4.69, 9.17) is 11.6 Å². The number of halogens is 1. The second-order valence-electron chi connectivity index (χ2n) is 6.11. The molecule has 0 fully saturated rings. The molecule has 0 bridgehead atoms. The van der Waals surface area contributed by atoms with Crippen LogP contribution in [-0.2, 0) is 0 Å². The first-order valence-corrected chi connectivity index (χ1v) is 8.84. The Bertz CT molecular complexity index is 833. The van der Waals surface area contributed by atoms with E-state index in [0.29, 0.717) is 23.8 Å². The highest BCUT2D eigenvalue weighted by molar-refractivity contribution is 6.30. The second kappa shape index (κ2) is 8.54. The highest BCUT2D eigenvalue weighted by Crippen LogP contribution is 2.20. The number of carbonyl (C=O) groups excluding carboxylic acids is 1. The van der Waals surface area contributed by atoms with E-state index in [-0.39, 0.29) is 6.03 Å². The van der Waals surface area contributed by atoms with E-state index < -0.39 is 0 Å². The van der Waals surface area contributed by atoms with Crippen LogP contribution in [0.5, 0.6) is 0 Å². The van der Waals surface area contributed by atoms with E-state index in [9.17, 15) is 4.79 Å². The maximum absolute atomic E-state index is 12.5. The molecule has 0 saturated heterocycles. The number of urea groups is 1. The van der Waals surface area contributed by atoms with Crippen LogP contribution < -0.4 is 10.6 Å². The van der Waals surface area contributed by atoms with Gasteiger partial charge in [-0.2, -0.15) is 0 Å². The van der Waals surface area contributed by atoms with Crippen LogP contribution in [0, 0.1) is 0 Å². The lowest BCUT2D eigenvalue weighted by atomic mass is 10.1. The Morgan fingerprint density at radius 1 is 1.15 bits per heavy atom. The molecule has 0 unspecified atom stereocenters. The molecule has 0 atom stereocenters. The number of benzene rings is 2. The van der Waals surface area contributed by atoms with Gasteiger partial charge in [-0.25, -0.2) is 9.79 Å².